The monoisotopic (exact) mass is 157 g/mol. The van der Waals surface area contributed by atoms with E-state index in [4.69, 9.17) is 0 Å². The first-order valence-corrected chi connectivity index (χ1v) is 3.58. The Hall–Kier alpha value is -1.06. The first kappa shape index (κ1) is 8.04. The van der Waals surface area contributed by atoms with E-state index in [1.807, 2.05) is 0 Å². The highest BCUT2D eigenvalue weighted by Crippen LogP contribution is 2.11. The van der Waals surface area contributed by atoms with Crippen LogP contribution in [0.15, 0.2) is 0 Å². The van der Waals surface area contributed by atoms with E-state index in [-0.39, 0.29) is 17.8 Å². The number of piperidine rings is 1. The number of rotatable bonds is 1. The van der Waals surface area contributed by atoms with Crippen molar-refractivity contribution in [3.05, 3.63) is 0 Å². The summed E-state index contributed by atoms with van der Waals surface area (Å²) in [7, 11) is 1.36. The summed E-state index contributed by atoms with van der Waals surface area (Å²) in [6, 6.07) is 0. The van der Waals surface area contributed by atoms with Crippen molar-refractivity contribution >= 4 is 11.9 Å². The van der Waals surface area contributed by atoms with Gasteiger partial charge in [-0.1, -0.05) is 0 Å². The van der Waals surface area contributed by atoms with Crippen LogP contribution in [0.1, 0.15) is 12.8 Å². The van der Waals surface area contributed by atoms with Crippen molar-refractivity contribution in [2.45, 2.75) is 12.8 Å². The van der Waals surface area contributed by atoms with E-state index in [0.29, 0.717) is 19.4 Å². The average molecular weight is 157 g/mol. The zero-order chi connectivity index (χ0) is 8.27. The lowest BCUT2D eigenvalue weighted by Crippen LogP contribution is -2.38. The number of hydrogen-bond acceptors (Lipinski definition) is 3. The second kappa shape index (κ2) is 3.37. The fraction of sp³-hybridized carbons (Fsp3) is 0.714. The SMILES string of the molecule is COC(=O)[C@@H]1CCC(=O)NC1. The Kier molecular flexibility index (Phi) is 2.46. The van der Waals surface area contributed by atoms with E-state index in [1.54, 1.807) is 0 Å². The Labute approximate surface area is 64.9 Å². The third-order valence-corrected chi connectivity index (χ3v) is 1.80. The number of carbonyl (C=O) groups excluding carboxylic acids is 2. The lowest BCUT2D eigenvalue weighted by Gasteiger charge is -2.19. The topological polar surface area (TPSA) is 55.4 Å². The zero-order valence-corrected chi connectivity index (χ0v) is 6.42. The predicted octanol–water partition coefficient (Wildman–Crippen LogP) is -0.314. The highest BCUT2D eigenvalue weighted by atomic mass is 16.5. The van der Waals surface area contributed by atoms with Gasteiger partial charge in [-0.2, -0.15) is 0 Å². The van der Waals surface area contributed by atoms with Crippen LogP contribution in [0.5, 0.6) is 0 Å². The van der Waals surface area contributed by atoms with Crippen molar-refractivity contribution in [3.63, 3.8) is 0 Å². The molecular weight excluding hydrogens is 146 g/mol. The number of amides is 1. The molecule has 1 heterocycles. The molecule has 4 nitrogen and oxygen atoms in total. The highest BCUT2D eigenvalue weighted by molar-refractivity contribution is 5.80. The minimum absolute atomic E-state index is 0.0187. The molecule has 1 amide bonds. The molecular formula is C7H11NO3. The maximum atomic E-state index is 10.9. The molecule has 0 aromatic rings. The maximum Gasteiger partial charge on any atom is 0.310 e. The fourth-order valence-corrected chi connectivity index (χ4v) is 1.10. The molecule has 62 valence electrons. The molecule has 1 aliphatic heterocycles. The molecule has 0 radical (unpaired) electrons. The number of nitrogens with one attached hydrogen (secondary N) is 1. The quantitative estimate of drug-likeness (QED) is 0.531. The molecule has 11 heavy (non-hydrogen) atoms. The molecule has 1 fully saturated rings. The average Bonchev–Trinajstić information content (AvgIpc) is 2.05. The molecule has 0 unspecified atom stereocenters. The van der Waals surface area contributed by atoms with Gasteiger partial charge in [-0.15, -0.1) is 0 Å². The summed E-state index contributed by atoms with van der Waals surface area (Å²) in [5.74, 6) is -0.354. The molecule has 1 saturated heterocycles. The van der Waals surface area contributed by atoms with Gasteiger partial charge < -0.3 is 10.1 Å². The molecule has 1 rings (SSSR count). The minimum Gasteiger partial charge on any atom is -0.469 e. The summed E-state index contributed by atoms with van der Waals surface area (Å²) in [5.41, 5.74) is 0. The van der Waals surface area contributed by atoms with Crippen LogP contribution in [-0.2, 0) is 14.3 Å². The largest absolute Gasteiger partial charge is 0.469 e. The summed E-state index contributed by atoms with van der Waals surface area (Å²) in [6.45, 7) is 0.422. The Bertz CT molecular complexity index is 169. The van der Waals surface area contributed by atoms with E-state index in [9.17, 15) is 9.59 Å². The Balaban J connectivity index is 2.39. The maximum absolute atomic E-state index is 10.9. The van der Waals surface area contributed by atoms with Gasteiger partial charge in [0.2, 0.25) is 5.91 Å². The first-order valence-electron chi connectivity index (χ1n) is 3.58. The van der Waals surface area contributed by atoms with E-state index >= 15 is 0 Å². The molecule has 0 spiro atoms. The van der Waals surface area contributed by atoms with Crippen molar-refractivity contribution < 1.29 is 14.3 Å². The van der Waals surface area contributed by atoms with Crippen LogP contribution in [0.3, 0.4) is 0 Å². The molecule has 0 aliphatic carbocycles. The van der Waals surface area contributed by atoms with Gasteiger partial charge in [-0.3, -0.25) is 9.59 Å². The van der Waals surface area contributed by atoms with Gasteiger partial charge in [0.05, 0.1) is 13.0 Å². The van der Waals surface area contributed by atoms with Crippen molar-refractivity contribution in [3.8, 4) is 0 Å². The molecule has 0 aromatic carbocycles. The van der Waals surface area contributed by atoms with Crippen LogP contribution in [0.4, 0.5) is 0 Å². The summed E-state index contributed by atoms with van der Waals surface area (Å²) in [5, 5.41) is 2.61. The van der Waals surface area contributed by atoms with Gasteiger partial charge >= 0.3 is 5.97 Å². The summed E-state index contributed by atoms with van der Waals surface area (Å²) < 4.78 is 4.53. The van der Waals surface area contributed by atoms with Crippen LogP contribution in [-0.4, -0.2) is 25.5 Å². The number of esters is 1. The van der Waals surface area contributed by atoms with E-state index in [2.05, 4.69) is 10.1 Å². The van der Waals surface area contributed by atoms with Crippen molar-refractivity contribution in [2.75, 3.05) is 13.7 Å². The van der Waals surface area contributed by atoms with Gasteiger partial charge in [0.1, 0.15) is 0 Å². The molecule has 0 aromatic heterocycles. The normalized spacial score (nSPS) is 24.1. The number of carbonyl (C=O) groups is 2. The predicted molar refractivity (Wildman–Crippen MR) is 37.7 cm³/mol. The summed E-state index contributed by atoms with van der Waals surface area (Å²) in [4.78, 5) is 21.6. The third kappa shape index (κ3) is 1.93. The molecule has 0 bridgehead atoms. The Morgan fingerprint density at radius 1 is 1.73 bits per heavy atom. The standard InChI is InChI=1S/C7H11NO3/c1-11-7(10)5-2-3-6(9)8-4-5/h5H,2-4H2,1H3,(H,8,9)/t5-/m1/s1. The number of hydrogen-bond donors (Lipinski definition) is 1. The van der Waals surface area contributed by atoms with Gasteiger partial charge in [0.15, 0.2) is 0 Å². The lowest BCUT2D eigenvalue weighted by molar-refractivity contribution is -0.146. The van der Waals surface area contributed by atoms with Gasteiger partial charge in [-0.05, 0) is 6.42 Å². The van der Waals surface area contributed by atoms with Crippen LogP contribution in [0.25, 0.3) is 0 Å². The number of ether oxygens (including phenoxy) is 1. The fourth-order valence-electron chi connectivity index (χ4n) is 1.10. The second-order valence-electron chi connectivity index (χ2n) is 2.56. The van der Waals surface area contributed by atoms with Crippen molar-refractivity contribution in [2.24, 2.45) is 5.92 Å². The van der Waals surface area contributed by atoms with Gasteiger partial charge in [0, 0.05) is 13.0 Å². The third-order valence-electron chi connectivity index (χ3n) is 1.80. The molecule has 1 N–H and O–H groups in total. The molecule has 1 aliphatic rings. The summed E-state index contributed by atoms with van der Waals surface area (Å²) in [6.07, 6.45) is 1.04. The zero-order valence-electron chi connectivity index (χ0n) is 6.42. The van der Waals surface area contributed by atoms with E-state index in [0.717, 1.165) is 0 Å². The first-order chi connectivity index (χ1) is 5.24. The van der Waals surface area contributed by atoms with Gasteiger partial charge in [-0.25, -0.2) is 0 Å². The van der Waals surface area contributed by atoms with Crippen LogP contribution < -0.4 is 5.32 Å². The summed E-state index contributed by atoms with van der Waals surface area (Å²) >= 11 is 0. The Morgan fingerprint density at radius 3 is 2.91 bits per heavy atom. The second-order valence-corrected chi connectivity index (χ2v) is 2.56. The molecule has 1 atom stereocenters. The smallest absolute Gasteiger partial charge is 0.310 e. The van der Waals surface area contributed by atoms with E-state index < -0.39 is 0 Å². The Morgan fingerprint density at radius 2 is 2.45 bits per heavy atom. The van der Waals surface area contributed by atoms with E-state index in [1.165, 1.54) is 7.11 Å². The van der Waals surface area contributed by atoms with Crippen molar-refractivity contribution in [1.82, 2.24) is 5.32 Å². The molecule has 0 saturated carbocycles. The van der Waals surface area contributed by atoms with Crippen LogP contribution in [0, 0.1) is 5.92 Å². The van der Waals surface area contributed by atoms with Gasteiger partial charge in [0.25, 0.3) is 0 Å². The molecule has 4 heteroatoms. The highest BCUT2D eigenvalue weighted by Gasteiger charge is 2.24. The number of methoxy groups -OCH3 is 1. The van der Waals surface area contributed by atoms with Crippen LogP contribution >= 0.6 is 0 Å². The van der Waals surface area contributed by atoms with Crippen molar-refractivity contribution in [1.29, 1.82) is 0 Å². The van der Waals surface area contributed by atoms with Crippen LogP contribution in [0.2, 0.25) is 0 Å². The minimum atomic E-state index is -0.231. The lowest BCUT2D eigenvalue weighted by atomic mass is 10.00.